The van der Waals surface area contributed by atoms with Crippen molar-refractivity contribution in [1.29, 1.82) is 0 Å². The van der Waals surface area contributed by atoms with E-state index in [9.17, 15) is 4.79 Å². The molecule has 0 spiro atoms. The number of amides is 1. The molecule has 2 aromatic rings. The second-order valence-corrected chi connectivity index (χ2v) is 6.44. The van der Waals surface area contributed by atoms with E-state index in [0.29, 0.717) is 32.0 Å². The molecule has 0 saturated carbocycles. The summed E-state index contributed by atoms with van der Waals surface area (Å²) in [6, 6.07) is 10.1. The van der Waals surface area contributed by atoms with Gasteiger partial charge in [-0.2, -0.15) is 0 Å². The monoisotopic (exact) mass is 329 g/mol. The summed E-state index contributed by atoms with van der Waals surface area (Å²) >= 11 is 0. The highest BCUT2D eigenvalue weighted by atomic mass is 16.5. The molecule has 1 saturated heterocycles. The van der Waals surface area contributed by atoms with Crippen LogP contribution in [0.25, 0.3) is 0 Å². The zero-order valence-corrected chi connectivity index (χ0v) is 14.1. The number of carbonyl (C=O) groups excluding carboxylic acids is 1. The lowest BCUT2D eigenvalue weighted by Crippen LogP contribution is -2.48. The van der Waals surface area contributed by atoms with E-state index >= 15 is 0 Å². The number of hydrogen-bond acceptors (Lipinski definition) is 5. The summed E-state index contributed by atoms with van der Waals surface area (Å²) in [5.74, 6) is 0.465. The first-order chi connectivity index (χ1) is 11.6. The van der Waals surface area contributed by atoms with Crippen molar-refractivity contribution in [3.05, 3.63) is 42.2 Å². The van der Waals surface area contributed by atoms with Crippen molar-refractivity contribution in [3.8, 4) is 0 Å². The lowest BCUT2D eigenvalue weighted by Gasteiger charge is -2.40. The van der Waals surface area contributed by atoms with Crippen LogP contribution in [0.4, 0.5) is 0 Å². The average Bonchev–Trinajstić information content (AvgIpc) is 3.13. The van der Waals surface area contributed by atoms with Gasteiger partial charge in [-0.1, -0.05) is 44.2 Å². The molecule has 0 bridgehead atoms. The van der Waals surface area contributed by atoms with Gasteiger partial charge in [0, 0.05) is 13.0 Å². The van der Waals surface area contributed by atoms with Gasteiger partial charge >= 0.3 is 0 Å². The molecule has 0 N–H and O–H groups in total. The Hall–Kier alpha value is -2.28. The Labute approximate surface area is 141 Å². The van der Waals surface area contributed by atoms with Crippen LogP contribution in [0.1, 0.15) is 31.9 Å². The molecular formula is C17H23N5O2. The van der Waals surface area contributed by atoms with Crippen LogP contribution in [-0.4, -0.2) is 50.2 Å². The number of tetrazole rings is 1. The summed E-state index contributed by atoms with van der Waals surface area (Å²) in [4.78, 5) is 14.5. The maximum atomic E-state index is 12.6. The Morgan fingerprint density at radius 1 is 1.29 bits per heavy atom. The fourth-order valence-corrected chi connectivity index (χ4v) is 2.86. The highest BCUT2D eigenvalue weighted by Crippen LogP contribution is 2.28. The molecule has 128 valence electrons. The molecule has 1 aromatic heterocycles. The summed E-state index contributed by atoms with van der Waals surface area (Å²) in [5.41, 5.74) is 1.11. The van der Waals surface area contributed by atoms with Gasteiger partial charge < -0.3 is 9.64 Å². The third-order valence-electron chi connectivity index (χ3n) is 4.34. The number of hydrogen-bond donors (Lipinski definition) is 0. The van der Waals surface area contributed by atoms with Crippen LogP contribution in [0, 0.1) is 5.92 Å². The number of nitrogens with zero attached hydrogens (tertiary/aromatic N) is 5. The molecular weight excluding hydrogens is 306 g/mol. The van der Waals surface area contributed by atoms with Gasteiger partial charge in [0.1, 0.15) is 12.4 Å². The summed E-state index contributed by atoms with van der Waals surface area (Å²) in [5, 5.41) is 11.0. The van der Waals surface area contributed by atoms with Crippen molar-refractivity contribution in [2.24, 2.45) is 5.92 Å². The van der Waals surface area contributed by atoms with E-state index in [1.807, 2.05) is 23.1 Å². The van der Waals surface area contributed by atoms with Gasteiger partial charge in [-0.05, 0) is 21.9 Å². The number of aryl methyl sites for hydroxylation is 1. The van der Waals surface area contributed by atoms with Crippen molar-refractivity contribution in [1.82, 2.24) is 25.1 Å². The summed E-state index contributed by atoms with van der Waals surface area (Å²) in [6.07, 6.45) is 1.87. The van der Waals surface area contributed by atoms with Gasteiger partial charge in [0.2, 0.25) is 5.91 Å². The molecule has 2 heterocycles. The second kappa shape index (κ2) is 7.53. The minimum atomic E-state index is -0.0793. The fourth-order valence-electron chi connectivity index (χ4n) is 2.86. The predicted octanol–water partition coefficient (Wildman–Crippen LogP) is 1.69. The maximum absolute atomic E-state index is 12.6. The molecule has 1 amide bonds. The van der Waals surface area contributed by atoms with Crippen molar-refractivity contribution < 1.29 is 9.53 Å². The Morgan fingerprint density at radius 2 is 2.08 bits per heavy atom. The topological polar surface area (TPSA) is 73.1 Å². The van der Waals surface area contributed by atoms with Gasteiger partial charge in [0.05, 0.1) is 19.2 Å². The molecule has 2 atom stereocenters. The Balaban J connectivity index is 1.68. The highest BCUT2D eigenvalue weighted by Gasteiger charge is 2.32. The highest BCUT2D eigenvalue weighted by molar-refractivity contribution is 5.76. The second-order valence-electron chi connectivity index (χ2n) is 6.44. The van der Waals surface area contributed by atoms with Crippen molar-refractivity contribution >= 4 is 5.91 Å². The number of morpholine rings is 1. The van der Waals surface area contributed by atoms with Crippen LogP contribution in [0.3, 0.4) is 0 Å². The largest absolute Gasteiger partial charge is 0.366 e. The quantitative estimate of drug-likeness (QED) is 0.834. The number of carbonyl (C=O) groups is 1. The molecule has 3 rings (SSSR count). The predicted molar refractivity (Wildman–Crippen MR) is 87.9 cm³/mol. The van der Waals surface area contributed by atoms with Crippen LogP contribution in [0.2, 0.25) is 0 Å². The lowest BCUT2D eigenvalue weighted by atomic mass is 10.0. The van der Waals surface area contributed by atoms with Crippen LogP contribution in [0.5, 0.6) is 0 Å². The average molecular weight is 329 g/mol. The van der Waals surface area contributed by atoms with Gasteiger partial charge in [-0.3, -0.25) is 4.79 Å². The minimum absolute atomic E-state index is 0.0425. The molecule has 1 aromatic carbocycles. The molecule has 0 unspecified atom stereocenters. The van der Waals surface area contributed by atoms with E-state index < -0.39 is 0 Å². The number of benzene rings is 1. The van der Waals surface area contributed by atoms with Gasteiger partial charge in [0.15, 0.2) is 0 Å². The maximum Gasteiger partial charge on any atom is 0.224 e. The molecule has 7 nitrogen and oxygen atoms in total. The first-order valence-corrected chi connectivity index (χ1v) is 8.32. The van der Waals surface area contributed by atoms with E-state index in [1.54, 1.807) is 4.68 Å². The van der Waals surface area contributed by atoms with Crippen molar-refractivity contribution in [2.45, 2.75) is 39.0 Å². The smallest absolute Gasteiger partial charge is 0.224 e. The first-order valence-electron chi connectivity index (χ1n) is 8.32. The van der Waals surface area contributed by atoms with Gasteiger partial charge in [-0.15, -0.1) is 5.10 Å². The summed E-state index contributed by atoms with van der Waals surface area (Å²) < 4.78 is 7.81. The summed E-state index contributed by atoms with van der Waals surface area (Å²) in [6.45, 7) is 5.96. The van der Waals surface area contributed by atoms with Crippen LogP contribution in [0.15, 0.2) is 36.7 Å². The standard InChI is InChI=1S/C17H23N5O2/c1-13(2)15-10-21(17(23)8-9-22-12-18-19-20-22)11-16(24-15)14-6-4-3-5-7-14/h3-7,12-13,15-16H,8-11H2,1-2H3/t15-,16+/m1/s1. The Bertz CT molecular complexity index is 644. The molecule has 24 heavy (non-hydrogen) atoms. The zero-order valence-electron chi connectivity index (χ0n) is 14.1. The minimum Gasteiger partial charge on any atom is -0.366 e. The van der Waals surface area contributed by atoms with Crippen molar-refractivity contribution in [3.63, 3.8) is 0 Å². The van der Waals surface area contributed by atoms with Crippen LogP contribution >= 0.6 is 0 Å². The van der Waals surface area contributed by atoms with Crippen LogP contribution in [-0.2, 0) is 16.1 Å². The zero-order chi connectivity index (χ0) is 16.9. The third kappa shape index (κ3) is 3.97. The lowest BCUT2D eigenvalue weighted by molar-refractivity contribution is -0.150. The van der Waals surface area contributed by atoms with E-state index in [1.165, 1.54) is 6.33 Å². The van der Waals surface area contributed by atoms with E-state index in [2.05, 4.69) is 41.5 Å². The molecule has 0 aliphatic carbocycles. The summed E-state index contributed by atoms with van der Waals surface area (Å²) in [7, 11) is 0. The number of ether oxygens (including phenoxy) is 1. The SMILES string of the molecule is CC(C)[C@H]1CN(C(=O)CCn2cnnn2)C[C@@H](c2ccccc2)O1. The molecule has 1 aliphatic heterocycles. The molecule has 0 radical (unpaired) electrons. The number of rotatable bonds is 5. The fraction of sp³-hybridized carbons (Fsp3) is 0.529. The molecule has 1 fully saturated rings. The van der Waals surface area contributed by atoms with Gasteiger partial charge in [-0.25, -0.2) is 4.68 Å². The first kappa shape index (κ1) is 16.6. The van der Waals surface area contributed by atoms with E-state index in [0.717, 1.165) is 5.56 Å². The Morgan fingerprint density at radius 3 is 2.75 bits per heavy atom. The normalized spacial score (nSPS) is 21.2. The Kier molecular flexibility index (Phi) is 5.20. The number of aromatic nitrogens is 4. The molecule has 7 heteroatoms. The van der Waals surface area contributed by atoms with Gasteiger partial charge in [0.25, 0.3) is 0 Å². The van der Waals surface area contributed by atoms with Crippen molar-refractivity contribution in [2.75, 3.05) is 13.1 Å². The third-order valence-corrected chi connectivity index (χ3v) is 4.34. The van der Waals surface area contributed by atoms with E-state index in [4.69, 9.17) is 4.74 Å². The van der Waals surface area contributed by atoms with E-state index in [-0.39, 0.29) is 18.1 Å². The molecule has 1 aliphatic rings. The van der Waals surface area contributed by atoms with Crippen LogP contribution < -0.4 is 0 Å².